The van der Waals surface area contributed by atoms with E-state index in [1.54, 1.807) is 19.1 Å². The van der Waals surface area contributed by atoms with E-state index < -0.39 is 11.0 Å². The van der Waals surface area contributed by atoms with Gasteiger partial charge in [-0.3, -0.25) is 14.9 Å². The highest BCUT2D eigenvalue weighted by Crippen LogP contribution is 2.33. The Morgan fingerprint density at radius 1 is 1.42 bits per heavy atom. The lowest BCUT2D eigenvalue weighted by Gasteiger charge is -2.35. The Labute approximate surface area is 140 Å². The van der Waals surface area contributed by atoms with E-state index in [1.165, 1.54) is 6.07 Å². The second-order valence-electron chi connectivity index (χ2n) is 6.80. The fourth-order valence-corrected chi connectivity index (χ4v) is 3.20. The third-order valence-corrected chi connectivity index (χ3v) is 4.83. The summed E-state index contributed by atoms with van der Waals surface area (Å²) in [5.41, 5.74) is 0.791. The van der Waals surface area contributed by atoms with Gasteiger partial charge in [0, 0.05) is 36.7 Å². The maximum Gasteiger partial charge on any atom is 0.293 e. The molecule has 7 heteroatoms. The van der Waals surface area contributed by atoms with Crippen LogP contribution in [0.5, 0.6) is 0 Å². The molecule has 130 valence electrons. The molecule has 24 heavy (non-hydrogen) atoms. The number of nitro benzene ring substituents is 1. The quantitative estimate of drug-likeness (QED) is 0.635. The number of hydrogen-bond acceptors (Lipinski definition) is 5. The highest BCUT2D eigenvalue weighted by molar-refractivity contribution is 5.96. The summed E-state index contributed by atoms with van der Waals surface area (Å²) in [6, 6.07) is 4.88. The van der Waals surface area contributed by atoms with Gasteiger partial charge in [0.05, 0.1) is 11.0 Å². The molecule has 1 amide bonds. The number of nitro groups is 1. The predicted molar refractivity (Wildman–Crippen MR) is 90.2 cm³/mol. The number of aliphatic hydroxyl groups is 1. The van der Waals surface area contributed by atoms with Crippen molar-refractivity contribution in [3.8, 4) is 0 Å². The van der Waals surface area contributed by atoms with Gasteiger partial charge in [0.25, 0.3) is 11.6 Å². The fraction of sp³-hybridized carbons (Fsp3) is 0.588. The average molecular weight is 333 g/mol. The van der Waals surface area contributed by atoms with Gasteiger partial charge >= 0.3 is 0 Å². The van der Waals surface area contributed by atoms with Crippen molar-refractivity contribution in [1.82, 2.24) is 5.32 Å². The Morgan fingerprint density at radius 2 is 2.17 bits per heavy atom. The van der Waals surface area contributed by atoms with Crippen molar-refractivity contribution in [1.29, 1.82) is 0 Å². The van der Waals surface area contributed by atoms with Crippen LogP contribution in [0.4, 0.5) is 11.4 Å². The van der Waals surface area contributed by atoms with E-state index in [1.807, 2.05) is 4.90 Å². The molecule has 2 fully saturated rings. The normalized spacial score (nSPS) is 22.1. The van der Waals surface area contributed by atoms with Gasteiger partial charge in [-0.15, -0.1) is 0 Å². The first-order chi connectivity index (χ1) is 11.5. The number of hydrogen-bond donors (Lipinski definition) is 2. The van der Waals surface area contributed by atoms with Gasteiger partial charge in [-0.25, -0.2) is 0 Å². The van der Waals surface area contributed by atoms with Crippen LogP contribution in [0.15, 0.2) is 18.2 Å². The first-order valence-electron chi connectivity index (χ1n) is 8.48. The van der Waals surface area contributed by atoms with Gasteiger partial charge in [0.2, 0.25) is 0 Å². The van der Waals surface area contributed by atoms with Gasteiger partial charge in [0.15, 0.2) is 0 Å². The predicted octanol–water partition coefficient (Wildman–Crippen LogP) is 2.08. The molecule has 1 aliphatic heterocycles. The molecule has 2 aliphatic rings. The van der Waals surface area contributed by atoms with Gasteiger partial charge in [-0.1, -0.05) is 0 Å². The Morgan fingerprint density at radius 3 is 2.79 bits per heavy atom. The summed E-state index contributed by atoms with van der Waals surface area (Å²) in [5, 5.41) is 24.1. The van der Waals surface area contributed by atoms with Crippen LogP contribution in [0.2, 0.25) is 0 Å². The maximum absolute atomic E-state index is 12.1. The van der Waals surface area contributed by atoms with Gasteiger partial charge in [-0.2, -0.15) is 0 Å². The number of nitrogens with one attached hydrogen (secondary N) is 1. The number of amides is 1. The minimum Gasteiger partial charge on any atom is -0.393 e. The molecule has 0 spiro atoms. The lowest BCUT2D eigenvalue weighted by molar-refractivity contribution is -0.384. The molecule has 1 saturated heterocycles. The highest BCUT2D eigenvalue weighted by Gasteiger charge is 2.29. The summed E-state index contributed by atoms with van der Waals surface area (Å²) in [7, 11) is 0. The molecule has 1 heterocycles. The average Bonchev–Trinajstić information content (AvgIpc) is 3.38. The third-order valence-electron chi connectivity index (χ3n) is 4.83. The van der Waals surface area contributed by atoms with Gasteiger partial charge in [-0.05, 0) is 44.7 Å². The number of carbonyl (C=O) groups is 1. The molecule has 7 nitrogen and oxygen atoms in total. The smallest absolute Gasteiger partial charge is 0.293 e. The van der Waals surface area contributed by atoms with Crippen LogP contribution in [-0.4, -0.2) is 41.2 Å². The number of rotatable bonds is 5. The van der Waals surface area contributed by atoms with Crippen LogP contribution in [0.25, 0.3) is 0 Å². The zero-order valence-electron chi connectivity index (χ0n) is 13.8. The zero-order chi connectivity index (χ0) is 17.3. The standard InChI is InChI=1S/C17H23N3O4/c1-11(21)13-3-2-8-19(10-13)15-7-4-12(9-16(15)20(23)24)17(22)18-14-5-6-14/h4,7,9,11,13-14,21H,2-3,5-6,8,10H2,1H3,(H,18,22). The van der Waals surface area contributed by atoms with E-state index in [2.05, 4.69) is 5.32 Å². The zero-order valence-corrected chi connectivity index (χ0v) is 13.8. The van der Waals surface area contributed by atoms with E-state index in [-0.39, 0.29) is 23.6 Å². The number of aliphatic hydroxyl groups excluding tert-OH is 1. The van der Waals surface area contributed by atoms with Crippen LogP contribution in [0.3, 0.4) is 0 Å². The van der Waals surface area contributed by atoms with Crippen molar-refractivity contribution in [2.45, 2.75) is 44.8 Å². The second kappa shape index (κ2) is 6.76. The summed E-state index contributed by atoms with van der Waals surface area (Å²) >= 11 is 0. The Bertz CT molecular complexity index is 643. The van der Waals surface area contributed by atoms with Crippen LogP contribution in [0, 0.1) is 16.0 Å². The highest BCUT2D eigenvalue weighted by atomic mass is 16.6. The molecule has 1 aromatic rings. The molecule has 1 saturated carbocycles. The molecule has 1 aromatic carbocycles. The molecule has 0 bridgehead atoms. The molecule has 3 rings (SSSR count). The van der Waals surface area contributed by atoms with Crippen molar-refractivity contribution in [3.63, 3.8) is 0 Å². The summed E-state index contributed by atoms with van der Waals surface area (Å²) in [4.78, 5) is 25.1. The van der Waals surface area contributed by atoms with E-state index in [4.69, 9.17) is 0 Å². The maximum atomic E-state index is 12.1. The van der Waals surface area contributed by atoms with E-state index in [0.29, 0.717) is 17.8 Å². The lowest BCUT2D eigenvalue weighted by atomic mass is 9.93. The summed E-state index contributed by atoms with van der Waals surface area (Å²) in [6.07, 6.45) is 3.32. The van der Waals surface area contributed by atoms with Gasteiger partial charge in [0.1, 0.15) is 5.69 Å². The fourth-order valence-electron chi connectivity index (χ4n) is 3.20. The molecular weight excluding hydrogens is 310 g/mol. The van der Waals surface area contributed by atoms with E-state index in [0.717, 1.165) is 32.2 Å². The Hall–Kier alpha value is -2.15. The molecular formula is C17H23N3O4. The first kappa shape index (κ1) is 16.7. The molecule has 2 atom stereocenters. The monoisotopic (exact) mass is 333 g/mol. The third kappa shape index (κ3) is 3.67. The van der Waals surface area contributed by atoms with Crippen LogP contribution >= 0.6 is 0 Å². The van der Waals surface area contributed by atoms with Crippen molar-refractivity contribution in [2.24, 2.45) is 5.92 Å². The van der Waals surface area contributed by atoms with E-state index in [9.17, 15) is 20.0 Å². The minimum absolute atomic E-state index is 0.0512. The molecule has 2 unspecified atom stereocenters. The summed E-state index contributed by atoms with van der Waals surface area (Å²) < 4.78 is 0. The molecule has 2 N–H and O–H groups in total. The van der Waals surface area contributed by atoms with Crippen molar-refractivity contribution in [3.05, 3.63) is 33.9 Å². The number of anilines is 1. The number of carbonyl (C=O) groups excluding carboxylic acids is 1. The topological polar surface area (TPSA) is 95.7 Å². The van der Waals surface area contributed by atoms with Crippen molar-refractivity contribution < 1.29 is 14.8 Å². The number of benzene rings is 1. The molecule has 0 radical (unpaired) electrons. The largest absolute Gasteiger partial charge is 0.393 e. The van der Waals surface area contributed by atoms with Crippen molar-refractivity contribution in [2.75, 3.05) is 18.0 Å². The van der Waals surface area contributed by atoms with Crippen LogP contribution in [-0.2, 0) is 0 Å². The Balaban J connectivity index is 1.84. The number of nitrogens with zero attached hydrogens (tertiary/aromatic N) is 2. The first-order valence-corrected chi connectivity index (χ1v) is 8.48. The summed E-state index contributed by atoms with van der Waals surface area (Å²) in [6.45, 7) is 3.07. The van der Waals surface area contributed by atoms with Crippen LogP contribution < -0.4 is 10.2 Å². The van der Waals surface area contributed by atoms with E-state index >= 15 is 0 Å². The molecule has 0 aromatic heterocycles. The van der Waals surface area contributed by atoms with Crippen LogP contribution in [0.1, 0.15) is 43.0 Å². The number of piperidine rings is 1. The summed E-state index contributed by atoms with van der Waals surface area (Å²) in [5.74, 6) is -0.149. The van der Waals surface area contributed by atoms with Gasteiger partial charge < -0.3 is 15.3 Å². The lowest BCUT2D eigenvalue weighted by Crippen LogP contribution is -2.39. The second-order valence-corrected chi connectivity index (χ2v) is 6.80. The SMILES string of the molecule is CC(O)C1CCCN(c2ccc(C(=O)NC3CC3)cc2[N+](=O)[O-])C1. The Kier molecular flexibility index (Phi) is 4.71. The van der Waals surface area contributed by atoms with Crippen molar-refractivity contribution >= 4 is 17.3 Å². The minimum atomic E-state index is -0.435. The molecule has 1 aliphatic carbocycles.